The minimum atomic E-state index is -0.443. The molecule has 0 atom stereocenters. The minimum absolute atomic E-state index is 0. The minimum Gasteiger partial charge on any atom is -0.858 e. The molecule has 0 amide bonds. The van der Waals surface area contributed by atoms with E-state index < -0.39 is 5.88 Å². The Kier molecular flexibility index (Phi) is 5.50. The normalized spacial score (nSPS) is 8.60. The molecule has 1 heterocycles. The van der Waals surface area contributed by atoms with Crippen molar-refractivity contribution in [2.75, 3.05) is 0 Å². The van der Waals surface area contributed by atoms with Crippen LogP contribution in [-0.4, -0.2) is 4.98 Å². The number of hydrogen-bond acceptors (Lipinski definition) is 2. The summed E-state index contributed by atoms with van der Waals surface area (Å²) in [6, 6.07) is 1.36. The molecule has 5 heteroatoms. The van der Waals surface area contributed by atoms with Crippen LogP contribution >= 0.6 is 23.2 Å². The van der Waals surface area contributed by atoms with Gasteiger partial charge in [-0.15, -0.1) is 0 Å². The van der Waals surface area contributed by atoms with Crippen molar-refractivity contribution in [3.05, 3.63) is 22.3 Å². The molecule has 1 aromatic heterocycles. The van der Waals surface area contributed by atoms with Gasteiger partial charge in [0.15, 0.2) is 0 Å². The van der Waals surface area contributed by atoms with Gasteiger partial charge in [-0.05, 0) is 6.07 Å². The van der Waals surface area contributed by atoms with Gasteiger partial charge in [-0.1, -0.05) is 23.2 Å². The first-order chi connectivity index (χ1) is 4.20. The van der Waals surface area contributed by atoms with E-state index in [2.05, 4.69) is 4.98 Å². The molecule has 1 aromatic rings. The molecule has 0 aromatic carbocycles. The zero-order chi connectivity index (χ0) is 6.85. The third-order valence-corrected chi connectivity index (χ3v) is 1.25. The van der Waals surface area contributed by atoms with Gasteiger partial charge in [0.25, 0.3) is 0 Å². The summed E-state index contributed by atoms with van der Waals surface area (Å²) in [5, 5.41) is 10.9. The fraction of sp³-hybridized carbons (Fsp3) is 0. The predicted octanol–water partition coefficient (Wildman–Crippen LogP) is -1.53. The average molecular weight is 202 g/mol. The third kappa shape index (κ3) is 3.05. The molecule has 2 nitrogen and oxygen atoms in total. The Morgan fingerprint density at radius 1 is 1.40 bits per heavy atom. The van der Waals surface area contributed by atoms with Crippen LogP contribution in [0.25, 0.3) is 0 Å². The topological polar surface area (TPSA) is 36.0 Å². The maximum Gasteiger partial charge on any atom is 1.00 e. The molecule has 0 bridgehead atoms. The maximum absolute atomic E-state index is 10.5. The van der Waals surface area contributed by atoms with Crippen molar-refractivity contribution in [1.29, 1.82) is 0 Å². The van der Waals surface area contributed by atoms with Crippen LogP contribution in [0.2, 0.25) is 10.0 Å². The molecule has 0 radical (unpaired) electrons. The molecular weight excluding hydrogens is 200 g/mol. The Balaban J connectivity index is 0.000000810. The molecule has 0 fully saturated rings. The first-order valence-electron chi connectivity index (χ1n) is 2.18. The van der Waals surface area contributed by atoms with Gasteiger partial charge >= 0.3 is 51.4 Å². The third-order valence-electron chi connectivity index (χ3n) is 0.774. The van der Waals surface area contributed by atoms with Crippen LogP contribution in [0, 0.1) is 0 Å². The van der Waals surface area contributed by atoms with E-state index in [-0.39, 0.29) is 56.4 Å². The standard InChI is InChI=1S/C5H3Cl2NO.K/c6-3-1-4(7)5(9)8-2-3;/h1-2H,(H,8,9);/q;+1/p-1. The van der Waals surface area contributed by atoms with E-state index in [1.807, 2.05) is 0 Å². The number of halogens is 2. The summed E-state index contributed by atoms with van der Waals surface area (Å²) >= 11 is 10.8. The molecule has 0 saturated carbocycles. The van der Waals surface area contributed by atoms with Crippen LogP contribution in [-0.2, 0) is 0 Å². The van der Waals surface area contributed by atoms with Crippen LogP contribution in [0.3, 0.4) is 0 Å². The van der Waals surface area contributed by atoms with E-state index in [1.54, 1.807) is 0 Å². The Labute approximate surface area is 111 Å². The summed E-state index contributed by atoms with van der Waals surface area (Å²) in [5.74, 6) is -0.443. The second kappa shape index (κ2) is 4.93. The summed E-state index contributed by atoms with van der Waals surface area (Å²) in [6.07, 6.45) is 1.26. The van der Waals surface area contributed by atoms with Crippen LogP contribution in [0.4, 0.5) is 0 Å². The van der Waals surface area contributed by atoms with Crippen molar-refractivity contribution in [2.24, 2.45) is 0 Å². The molecule has 0 aliphatic carbocycles. The summed E-state index contributed by atoms with van der Waals surface area (Å²) in [5.41, 5.74) is 0. The Morgan fingerprint density at radius 2 is 2.00 bits per heavy atom. The van der Waals surface area contributed by atoms with Crippen molar-refractivity contribution in [3.63, 3.8) is 0 Å². The number of nitrogens with zero attached hydrogens (tertiary/aromatic N) is 1. The molecular formula is C5H2Cl2KNO. The number of hydrogen-bond donors (Lipinski definition) is 0. The Morgan fingerprint density at radius 3 is 2.40 bits per heavy atom. The molecule has 48 valence electrons. The van der Waals surface area contributed by atoms with Crippen molar-refractivity contribution in [3.8, 4) is 5.88 Å². The van der Waals surface area contributed by atoms with Crippen molar-refractivity contribution < 1.29 is 56.5 Å². The molecule has 0 spiro atoms. The van der Waals surface area contributed by atoms with Crippen molar-refractivity contribution in [1.82, 2.24) is 4.98 Å². The first-order valence-corrected chi connectivity index (χ1v) is 2.94. The van der Waals surface area contributed by atoms with Crippen LogP contribution in [0.1, 0.15) is 0 Å². The monoisotopic (exact) mass is 201 g/mol. The van der Waals surface area contributed by atoms with Gasteiger partial charge in [-0.25, -0.2) is 0 Å². The fourth-order valence-corrected chi connectivity index (χ4v) is 0.782. The molecule has 0 aliphatic heterocycles. The van der Waals surface area contributed by atoms with E-state index >= 15 is 0 Å². The quantitative estimate of drug-likeness (QED) is 0.478. The summed E-state index contributed by atoms with van der Waals surface area (Å²) in [4.78, 5) is 3.36. The number of pyridine rings is 1. The zero-order valence-corrected chi connectivity index (χ0v) is 9.90. The van der Waals surface area contributed by atoms with E-state index in [0.717, 1.165) is 0 Å². The van der Waals surface area contributed by atoms with E-state index in [9.17, 15) is 5.11 Å². The van der Waals surface area contributed by atoms with Gasteiger partial charge in [0.1, 0.15) is 0 Å². The van der Waals surface area contributed by atoms with Gasteiger partial charge in [-0.2, -0.15) is 0 Å². The van der Waals surface area contributed by atoms with Crippen LogP contribution < -0.4 is 56.5 Å². The predicted molar refractivity (Wildman–Crippen MR) is 33.7 cm³/mol. The number of rotatable bonds is 0. The fourth-order valence-electron chi connectivity index (χ4n) is 0.402. The second-order valence-electron chi connectivity index (χ2n) is 1.44. The van der Waals surface area contributed by atoms with Crippen molar-refractivity contribution >= 4 is 23.2 Å². The zero-order valence-electron chi connectivity index (χ0n) is 5.27. The van der Waals surface area contributed by atoms with Gasteiger partial charge in [0.05, 0.1) is 10.0 Å². The summed E-state index contributed by atoms with van der Waals surface area (Å²) < 4.78 is 0. The second-order valence-corrected chi connectivity index (χ2v) is 2.28. The average Bonchev–Trinajstić information content (AvgIpc) is 1.80. The molecule has 1 rings (SSSR count). The Bertz CT molecular complexity index is 231. The van der Waals surface area contributed by atoms with Crippen LogP contribution in [0.5, 0.6) is 5.88 Å². The van der Waals surface area contributed by atoms with Gasteiger partial charge in [0, 0.05) is 12.1 Å². The molecule has 0 aliphatic rings. The number of aromatic nitrogens is 1. The summed E-state index contributed by atoms with van der Waals surface area (Å²) in [6.45, 7) is 0. The van der Waals surface area contributed by atoms with Crippen LogP contribution in [0.15, 0.2) is 12.3 Å². The van der Waals surface area contributed by atoms with E-state index in [1.165, 1.54) is 12.3 Å². The molecule has 10 heavy (non-hydrogen) atoms. The Hall–Kier alpha value is 1.17. The van der Waals surface area contributed by atoms with Gasteiger partial charge in [0.2, 0.25) is 0 Å². The van der Waals surface area contributed by atoms with Crippen molar-refractivity contribution in [2.45, 2.75) is 0 Å². The maximum atomic E-state index is 10.5. The first kappa shape index (κ1) is 11.2. The summed E-state index contributed by atoms with van der Waals surface area (Å²) in [7, 11) is 0. The van der Waals surface area contributed by atoms with Gasteiger partial charge < -0.3 is 5.11 Å². The SMILES string of the molecule is [K+].[O-]c1ncc(Cl)cc1Cl. The van der Waals surface area contributed by atoms with E-state index in [4.69, 9.17) is 23.2 Å². The van der Waals surface area contributed by atoms with E-state index in [0.29, 0.717) is 5.02 Å². The van der Waals surface area contributed by atoms with Gasteiger partial charge in [-0.3, -0.25) is 4.98 Å². The largest absolute Gasteiger partial charge is 1.00 e. The molecule has 0 N–H and O–H groups in total. The smallest absolute Gasteiger partial charge is 0.858 e. The molecule has 0 unspecified atom stereocenters. The molecule has 0 saturated heterocycles.